The monoisotopic (exact) mass is 849 g/mol. The molecule has 0 amide bonds. The molecule has 0 heterocycles. The Hall–Kier alpha value is -1.59. The van der Waals surface area contributed by atoms with Crippen LogP contribution >= 0.6 is 0 Å². The summed E-state index contributed by atoms with van der Waals surface area (Å²) >= 11 is 0. The summed E-state index contributed by atoms with van der Waals surface area (Å²) in [6.07, 6.45) is 53.8. The molecule has 0 aromatic rings. The topological polar surface area (TPSA) is 78.9 Å². The van der Waals surface area contributed by atoms with E-state index < -0.39 is 6.10 Å². The van der Waals surface area contributed by atoms with Crippen molar-refractivity contribution in [2.75, 3.05) is 13.2 Å². The molecule has 0 rings (SSSR count). The third-order valence-corrected chi connectivity index (χ3v) is 12.4. The predicted octanol–water partition coefficient (Wildman–Crippen LogP) is 17.6. The molecular formula is C54H104O6. The van der Waals surface area contributed by atoms with Crippen molar-refractivity contribution in [3.63, 3.8) is 0 Å². The Morgan fingerprint density at radius 1 is 0.267 bits per heavy atom. The third-order valence-electron chi connectivity index (χ3n) is 12.4. The van der Waals surface area contributed by atoms with Crippen LogP contribution in [0.25, 0.3) is 0 Å². The lowest BCUT2D eigenvalue weighted by atomic mass is 10.0. The van der Waals surface area contributed by atoms with Gasteiger partial charge in [-0.05, 0) is 19.3 Å². The lowest BCUT2D eigenvalue weighted by Gasteiger charge is -2.18. The van der Waals surface area contributed by atoms with Gasteiger partial charge in [0.2, 0.25) is 0 Å². The van der Waals surface area contributed by atoms with Crippen molar-refractivity contribution in [1.82, 2.24) is 0 Å². The molecule has 0 radical (unpaired) electrons. The molecule has 0 aromatic heterocycles. The van der Waals surface area contributed by atoms with Crippen LogP contribution in [0.5, 0.6) is 0 Å². The van der Waals surface area contributed by atoms with Crippen LogP contribution in [-0.4, -0.2) is 37.2 Å². The molecule has 6 nitrogen and oxygen atoms in total. The molecule has 0 fully saturated rings. The Bertz CT molecular complexity index is 889. The number of esters is 3. The lowest BCUT2D eigenvalue weighted by Crippen LogP contribution is -2.30. The number of hydrogen-bond donors (Lipinski definition) is 0. The maximum absolute atomic E-state index is 12.7. The van der Waals surface area contributed by atoms with Gasteiger partial charge in [0.05, 0.1) is 0 Å². The number of unbranched alkanes of at least 4 members (excludes halogenated alkanes) is 39. The fourth-order valence-corrected chi connectivity index (χ4v) is 8.27. The Kier molecular flexibility index (Phi) is 48.7. The highest BCUT2D eigenvalue weighted by Crippen LogP contribution is 2.17. The smallest absolute Gasteiger partial charge is 0.306 e. The Morgan fingerprint density at radius 3 is 0.667 bits per heavy atom. The highest BCUT2D eigenvalue weighted by Gasteiger charge is 2.19. The molecule has 356 valence electrons. The first-order valence-corrected chi connectivity index (χ1v) is 27.0. The summed E-state index contributed by atoms with van der Waals surface area (Å²) in [6, 6.07) is 0. The van der Waals surface area contributed by atoms with E-state index in [0.717, 1.165) is 57.8 Å². The molecule has 0 saturated carbocycles. The summed E-state index contributed by atoms with van der Waals surface area (Å²) in [5.41, 5.74) is 0. The number of carbonyl (C=O) groups excluding carboxylic acids is 3. The van der Waals surface area contributed by atoms with Crippen LogP contribution in [0.1, 0.15) is 310 Å². The molecule has 0 saturated heterocycles. The first kappa shape index (κ1) is 58.4. The van der Waals surface area contributed by atoms with Crippen molar-refractivity contribution < 1.29 is 28.6 Å². The van der Waals surface area contributed by atoms with Crippen molar-refractivity contribution in [1.29, 1.82) is 0 Å². The second-order valence-electron chi connectivity index (χ2n) is 18.5. The molecule has 1 atom stereocenters. The van der Waals surface area contributed by atoms with Gasteiger partial charge in [-0.25, -0.2) is 0 Å². The van der Waals surface area contributed by atoms with E-state index in [1.165, 1.54) is 212 Å². The normalized spacial score (nSPS) is 11.8. The fourth-order valence-electron chi connectivity index (χ4n) is 8.27. The molecule has 0 N–H and O–H groups in total. The van der Waals surface area contributed by atoms with Gasteiger partial charge in [-0.3, -0.25) is 14.4 Å². The van der Waals surface area contributed by atoms with E-state index >= 15 is 0 Å². The first-order chi connectivity index (χ1) is 29.5. The zero-order valence-corrected chi connectivity index (χ0v) is 40.8. The van der Waals surface area contributed by atoms with Gasteiger partial charge >= 0.3 is 17.9 Å². The van der Waals surface area contributed by atoms with Crippen LogP contribution in [0.2, 0.25) is 0 Å². The number of hydrogen-bond acceptors (Lipinski definition) is 6. The average Bonchev–Trinajstić information content (AvgIpc) is 3.24. The average molecular weight is 849 g/mol. The van der Waals surface area contributed by atoms with Crippen LogP contribution in [-0.2, 0) is 28.6 Å². The molecular weight excluding hydrogens is 745 g/mol. The van der Waals surface area contributed by atoms with Crippen LogP contribution in [0, 0.1) is 0 Å². The van der Waals surface area contributed by atoms with Gasteiger partial charge in [0.1, 0.15) is 13.2 Å². The maximum atomic E-state index is 12.7. The predicted molar refractivity (Wildman–Crippen MR) is 257 cm³/mol. The molecule has 0 bridgehead atoms. The third kappa shape index (κ3) is 47.5. The van der Waals surface area contributed by atoms with Crippen molar-refractivity contribution in [3.8, 4) is 0 Å². The van der Waals surface area contributed by atoms with Crippen molar-refractivity contribution >= 4 is 17.9 Å². The Morgan fingerprint density at radius 2 is 0.450 bits per heavy atom. The van der Waals surface area contributed by atoms with E-state index in [-0.39, 0.29) is 31.1 Å². The Labute approximate surface area is 374 Å². The van der Waals surface area contributed by atoms with Gasteiger partial charge in [0.15, 0.2) is 6.10 Å². The largest absolute Gasteiger partial charge is 0.462 e. The zero-order chi connectivity index (χ0) is 43.7. The second kappa shape index (κ2) is 50.1. The van der Waals surface area contributed by atoms with E-state index in [4.69, 9.17) is 14.2 Å². The minimum Gasteiger partial charge on any atom is -0.462 e. The van der Waals surface area contributed by atoms with Gasteiger partial charge in [-0.15, -0.1) is 0 Å². The van der Waals surface area contributed by atoms with E-state index in [9.17, 15) is 14.4 Å². The van der Waals surface area contributed by atoms with E-state index in [1.54, 1.807) is 0 Å². The van der Waals surface area contributed by atoms with Gasteiger partial charge < -0.3 is 14.2 Å². The van der Waals surface area contributed by atoms with Crippen LogP contribution in [0.3, 0.4) is 0 Å². The van der Waals surface area contributed by atoms with E-state index in [0.29, 0.717) is 19.3 Å². The first-order valence-electron chi connectivity index (χ1n) is 27.0. The number of ether oxygens (including phenoxy) is 3. The molecule has 0 aliphatic heterocycles. The molecule has 0 unspecified atom stereocenters. The molecule has 0 aliphatic carbocycles. The SMILES string of the molecule is CCCCCCCCCCCCCCCCCCCCC(=O)OC[C@@H](COC(=O)CCCCCCCCCCCCCCCC)OC(=O)CCCCCCCCCCCC. The van der Waals surface area contributed by atoms with Crippen LogP contribution in [0.4, 0.5) is 0 Å². The van der Waals surface area contributed by atoms with Gasteiger partial charge in [0, 0.05) is 19.3 Å². The van der Waals surface area contributed by atoms with Gasteiger partial charge in [0.25, 0.3) is 0 Å². The minimum absolute atomic E-state index is 0.0617. The molecule has 0 spiro atoms. The summed E-state index contributed by atoms with van der Waals surface area (Å²) in [6.45, 7) is 6.68. The molecule has 0 aromatic carbocycles. The van der Waals surface area contributed by atoms with Crippen molar-refractivity contribution in [2.24, 2.45) is 0 Å². The summed E-state index contributed by atoms with van der Waals surface area (Å²) in [5.74, 6) is -0.840. The lowest BCUT2D eigenvalue weighted by molar-refractivity contribution is -0.167. The number of rotatable bonds is 50. The minimum atomic E-state index is -0.759. The number of carbonyl (C=O) groups is 3. The summed E-state index contributed by atoms with van der Waals surface area (Å²) in [7, 11) is 0. The zero-order valence-electron chi connectivity index (χ0n) is 40.8. The highest BCUT2D eigenvalue weighted by molar-refractivity contribution is 5.71. The molecule has 60 heavy (non-hydrogen) atoms. The van der Waals surface area contributed by atoms with Gasteiger partial charge in [-0.2, -0.15) is 0 Å². The quantitative estimate of drug-likeness (QED) is 0.0345. The van der Waals surface area contributed by atoms with Crippen LogP contribution in [0.15, 0.2) is 0 Å². The maximum Gasteiger partial charge on any atom is 0.306 e. The van der Waals surface area contributed by atoms with Gasteiger partial charge in [-0.1, -0.05) is 271 Å². The van der Waals surface area contributed by atoms with E-state index in [2.05, 4.69) is 20.8 Å². The van der Waals surface area contributed by atoms with Crippen molar-refractivity contribution in [3.05, 3.63) is 0 Å². The summed E-state index contributed by atoms with van der Waals surface area (Å²) in [5, 5.41) is 0. The van der Waals surface area contributed by atoms with Crippen LogP contribution < -0.4 is 0 Å². The highest BCUT2D eigenvalue weighted by atomic mass is 16.6. The van der Waals surface area contributed by atoms with E-state index in [1.807, 2.05) is 0 Å². The summed E-state index contributed by atoms with van der Waals surface area (Å²) in [4.78, 5) is 37.9. The Balaban J connectivity index is 4.22. The summed E-state index contributed by atoms with van der Waals surface area (Å²) < 4.78 is 16.8. The second-order valence-corrected chi connectivity index (χ2v) is 18.5. The molecule has 6 heteroatoms. The van der Waals surface area contributed by atoms with Crippen molar-refractivity contribution in [2.45, 2.75) is 316 Å². The standard InChI is InChI=1S/C54H104O6/c1-4-7-10-13-16-19-22-24-26-27-28-29-31-33-36-38-41-44-47-53(56)59-50-51(60-54(57)48-45-42-39-34-21-18-15-12-9-6-3)49-58-52(55)46-43-40-37-35-32-30-25-23-20-17-14-11-8-5-2/h51H,4-50H2,1-3H3/t51-/m1/s1. The fraction of sp³-hybridized carbons (Fsp3) is 0.944. The molecule has 0 aliphatic rings.